The summed E-state index contributed by atoms with van der Waals surface area (Å²) < 4.78 is 5.65. The summed E-state index contributed by atoms with van der Waals surface area (Å²) in [6.45, 7) is 10.6. The van der Waals surface area contributed by atoms with Gasteiger partial charge in [0.05, 0.1) is 18.2 Å². The number of carbonyl (C=O) groups is 1. The number of nitrogens with one attached hydrogen (secondary N) is 1. The fourth-order valence-electron chi connectivity index (χ4n) is 2.10. The number of rotatable bonds is 4. The Bertz CT molecular complexity index is 223. The Morgan fingerprint density at radius 1 is 1.44 bits per heavy atom. The van der Waals surface area contributed by atoms with Crippen LogP contribution in [0.1, 0.15) is 34.1 Å². The van der Waals surface area contributed by atoms with E-state index in [4.69, 9.17) is 4.74 Å². The van der Waals surface area contributed by atoms with Crippen LogP contribution in [0.4, 0.5) is 0 Å². The first-order valence-corrected chi connectivity index (χ1v) is 6.21. The van der Waals surface area contributed by atoms with Gasteiger partial charge in [0.1, 0.15) is 0 Å². The molecular weight excluding hydrogens is 204 g/mol. The predicted octanol–water partition coefficient (Wildman–Crippen LogP) is 1.01. The van der Waals surface area contributed by atoms with Crippen molar-refractivity contribution in [2.24, 2.45) is 0 Å². The minimum absolute atomic E-state index is 0.0552. The van der Waals surface area contributed by atoms with Crippen LogP contribution in [-0.4, -0.2) is 48.7 Å². The lowest BCUT2D eigenvalue weighted by Gasteiger charge is -2.38. The molecule has 0 aromatic rings. The molecule has 0 aromatic heterocycles. The maximum Gasteiger partial charge on any atom is 0.237 e. The van der Waals surface area contributed by atoms with Crippen LogP contribution < -0.4 is 5.32 Å². The van der Waals surface area contributed by atoms with Crippen molar-refractivity contribution in [3.05, 3.63) is 0 Å². The molecule has 0 saturated carbocycles. The van der Waals surface area contributed by atoms with Crippen LogP contribution in [-0.2, 0) is 9.53 Å². The topological polar surface area (TPSA) is 41.6 Å². The van der Waals surface area contributed by atoms with Crippen LogP contribution in [0, 0.1) is 0 Å². The molecule has 4 heteroatoms. The first-order valence-electron chi connectivity index (χ1n) is 6.21. The van der Waals surface area contributed by atoms with E-state index in [0.717, 1.165) is 26.1 Å². The van der Waals surface area contributed by atoms with Gasteiger partial charge < -0.3 is 10.1 Å². The fraction of sp³-hybridized carbons (Fsp3) is 0.917. The van der Waals surface area contributed by atoms with E-state index in [1.165, 1.54) is 0 Å². The number of carbonyl (C=O) groups excluding carboxylic acids is 1. The zero-order valence-corrected chi connectivity index (χ0v) is 10.8. The molecule has 0 spiro atoms. The molecule has 1 amide bonds. The van der Waals surface area contributed by atoms with E-state index in [9.17, 15) is 4.79 Å². The monoisotopic (exact) mass is 228 g/mol. The van der Waals surface area contributed by atoms with Crippen LogP contribution in [0.2, 0.25) is 0 Å². The lowest BCUT2D eigenvalue weighted by molar-refractivity contribution is -0.131. The molecule has 1 saturated heterocycles. The van der Waals surface area contributed by atoms with Crippen molar-refractivity contribution in [3.8, 4) is 0 Å². The number of morpholine rings is 1. The van der Waals surface area contributed by atoms with Crippen molar-refractivity contribution in [3.63, 3.8) is 0 Å². The normalized spacial score (nSPS) is 28.8. The smallest absolute Gasteiger partial charge is 0.237 e. The number of hydrogen-bond acceptors (Lipinski definition) is 3. The first kappa shape index (κ1) is 13.5. The highest BCUT2D eigenvalue weighted by Gasteiger charge is 2.28. The molecular formula is C12H24N2O2. The largest absolute Gasteiger partial charge is 0.373 e. The molecule has 0 aromatic carbocycles. The molecule has 1 rings (SSSR count). The van der Waals surface area contributed by atoms with E-state index >= 15 is 0 Å². The average molecular weight is 228 g/mol. The van der Waals surface area contributed by atoms with Crippen LogP contribution in [0.15, 0.2) is 0 Å². The summed E-state index contributed by atoms with van der Waals surface area (Å²) in [5.74, 6) is 0.128. The van der Waals surface area contributed by atoms with Crippen molar-refractivity contribution >= 4 is 5.91 Å². The van der Waals surface area contributed by atoms with Gasteiger partial charge in [0.25, 0.3) is 0 Å². The third-order valence-corrected chi connectivity index (χ3v) is 2.92. The molecule has 94 valence electrons. The van der Waals surface area contributed by atoms with Gasteiger partial charge in [0.2, 0.25) is 5.91 Å². The van der Waals surface area contributed by atoms with Crippen LogP contribution in [0.5, 0.6) is 0 Å². The lowest BCUT2D eigenvalue weighted by Crippen LogP contribution is -2.54. The SMILES string of the molecule is CCCNC(=O)C(C)N1CC(C)OC(C)C1. The molecule has 1 aliphatic heterocycles. The summed E-state index contributed by atoms with van der Waals surface area (Å²) >= 11 is 0. The van der Waals surface area contributed by atoms with E-state index in [1.54, 1.807) is 0 Å². The Labute approximate surface area is 98.3 Å². The molecule has 1 N–H and O–H groups in total. The molecule has 3 atom stereocenters. The van der Waals surface area contributed by atoms with Gasteiger partial charge in [-0.05, 0) is 27.2 Å². The molecule has 1 fully saturated rings. The highest BCUT2D eigenvalue weighted by molar-refractivity contribution is 5.81. The molecule has 1 aliphatic rings. The summed E-state index contributed by atoms with van der Waals surface area (Å²) in [5, 5.41) is 2.94. The van der Waals surface area contributed by atoms with Gasteiger partial charge in [-0.3, -0.25) is 9.69 Å². The second kappa shape index (κ2) is 6.21. The fourth-order valence-corrected chi connectivity index (χ4v) is 2.10. The van der Waals surface area contributed by atoms with Gasteiger partial charge in [-0.2, -0.15) is 0 Å². The minimum atomic E-state index is -0.0552. The molecule has 3 unspecified atom stereocenters. The maximum atomic E-state index is 11.8. The predicted molar refractivity (Wildman–Crippen MR) is 64.3 cm³/mol. The van der Waals surface area contributed by atoms with Crippen LogP contribution >= 0.6 is 0 Å². The van der Waals surface area contributed by atoms with Gasteiger partial charge in [-0.25, -0.2) is 0 Å². The Balaban J connectivity index is 2.45. The summed E-state index contributed by atoms with van der Waals surface area (Å²) in [7, 11) is 0. The molecule has 0 aliphatic carbocycles. The summed E-state index contributed by atoms with van der Waals surface area (Å²) in [6.07, 6.45) is 1.41. The van der Waals surface area contributed by atoms with E-state index in [0.29, 0.717) is 0 Å². The zero-order valence-electron chi connectivity index (χ0n) is 10.8. The van der Waals surface area contributed by atoms with Crippen molar-refractivity contribution in [2.45, 2.75) is 52.4 Å². The number of nitrogens with zero attached hydrogens (tertiary/aromatic N) is 1. The maximum absolute atomic E-state index is 11.8. The van der Waals surface area contributed by atoms with E-state index in [2.05, 4.69) is 31.0 Å². The quantitative estimate of drug-likeness (QED) is 0.781. The average Bonchev–Trinajstić information content (AvgIpc) is 2.23. The van der Waals surface area contributed by atoms with Crippen molar-refractivity contribution in [1.29, 1.82) is 0 Å². The number of hydrogen-bond donors (Lipinski definition) is 1. The highest BCUT2D eigenvalue weighted by Crippen LogP contribution is 2.13. The molecule has 0 bridgehead atoms. The summed E-state index contributed by atoms with van der Waals surface area (Å²) in [4.78, 5) is 14.0. The minimum Gasteiger partial charge on any atom is -0.373 e. The van der Waals surface area contributed by atoms with E-state index < -0.39 is 0 Å². The first-order chi connectivity index (χ1) is 7.54. The van der Waals surface area contributed by atoms with E-state index in [-0.39, 0.29) is 24.2 Å². The van der Waals surface area contributed by atoms with Gasteiger partial charge in [0, 0.05) is 19.6 Å². The molecule has 1 heterocycles. The molecule has 0 radical (unpaired) electrons. The second-order valence-corrected chi connectivity index (χ2v) is 4.68. The highest BCUT2D eigenvalue weighted by atomic mass is 16.5. The molecule has 16 heavy (non-hydrogen) atoms. The standard InChI is InChI=1S/C12H24N2O2/c1-5-6-13-12(15)11(4)14-7-9(2)16-10(3)8-14/h9-11H,5-8H2,1-4H3,(H,13,15). The van der Waals surface area contributed by atoms with Gasteiger partial charge in [0.15, 0.2) is 0 Å². The summed E-state index contributed by atoms with van der Waals surface area (Å²) in [6, 6.07) is -0.0552. The lowest BCUT2D eigenvalue weighted by atomic mass is 10.1. The molecule has 4 nitrogen and oxygen atoms in total. The van der Waals surface area contributed by atoms with Crippen LogP contribution in [0.25, 0.3) is 0 Å². The number of ether oxygens (including phenoxy) is 1. The van der Waals surface area contributed by atoms with Gasteiger partial charge in [-0.1, -0.05) is 6.92 Å². The Kier molecular flexibility index (Phi) is 5.22. The van der Waals surface area contributed by atoms with Gasteiger partial charge in [-0.15, -0.1) is 0 Å². The zero-order chi connectivity index (χ0) is 12.1. The van der Waals surface area contributed by atoms with Crippen molar-refractivity contribution < 1.29 is 9.53 Å². The number of amides is 1. The Morgan fingerprint density at radius 3 is 2.50 bits per heavy atom. The van der Waals surface area contributed by atoms with Gasteiger partial charge >= 0.3 is 0 Å². The third-order valence-electron chi connectivity index (χ3n) is 2.92. The Morgan fingerprint density at radius 2 is 2.00 bits per heavy atom. The van der Waals surface area contributed by atoms with Crippen LogP contribution in [0.3, 0.4) is 0 Å². The van der Waals surface area contributed by atoms with Crippen molar-refractivity contribution in [2.75, 3.05) is 19.6 Å². The third kappa shape index (κ3) is 3.76. The van der Waals surface area contributed by atoms with E-state index in [1.807, 2.05) is 6.92 Å². The second-order valence-electron chi connectivity index (χ2n) is 4.68. The van der Waals surface area contributed by atoms with Crippen molar-refractivity contribution in [1.82, 2.24) is 10.2 Å². The Hall–Kier alpha value is -0.610. The summed E-state index contributed by atoms with van der Waals surface area (Å²) in [5.41, 5.74) is 0.